The van der Waals surface area contributed by atoms with Crippen LogP contribution in [0.3, 0.4) is 0 Å². The molecule has 0 unspecified atom stereocenters. The van der Waals surface area contributed by atoms with Crippen molar-refractivity contribution in [1.29, 1.82) is 0 Å². The predicted molar refractivity (Wildman–Crippen MR) is 71.7 cm³/mol. The summed E-state index contributed by atoms with van der Waals surface area (Å²) in [6.45, 7) is 16.4. The summed E-state index contributed by atoms with van der Waals surface area (Å²) in [5, 5.41) is 3.48. The van der Waals surface area contributed by atoms with E-state index in [-0.39, 0.29) is 5.41 Å². The number of rotatable bonds is 10. The molecule has 0 spiro atoms. The molecule has 2 nitrogen and oxygen atoms in total. The first-order valence-corrected chi connectivity index (χ1v) is 6.37. The van der Waals surface area contributed by atoms with Crippen molar-refractivity contribution in [2.75, 3.05) is 26.3 Å². The van der Waals surface area contributed by atoms with Crippen molar-refractivity contribution in [1.82, 2.24) is 5.32 Å². The Labute approximate surface area is 101 Å². The highest BCUT2D eigenvalue weighted by Gasteiger charge is 2.17. The first-order valence-electron chi connectivity index (χ1n) is 6.37. The Bertz CT molecular complexity index is 176. The third kappa shape index (κ3) is 10.2. The molecule has 0 atom stereocenters. The first kappa shape index (κ1) is 15.7. The normalized spacial score (nSPS) is 12.1. The average Bonchev–Trinajstić information content (AvgIpc) is 2.16. The molecule has 0 aliphatic heterocycles. The van der Waals surface area contributed by atoms with Gasteiger partial charge in [0, 0.05) is 18.6 Å². The van der Waals surface area contributed by atoms with Crippen molar-refractivity contribution < 1.29 is 4.74 Å². The van der Waals surface area contributed by atoms with Gasteiger partial charge in [-0.1, -0.05) is 33.8 Å². The SMILES string of the molecule is C=CCCCOCC(C)(C)CNCC(C)C. The van der Waals surface area contributed by atoms with Gasteiger partial charge < -0.3 is 10.1 Å². The van der Waals surface area contributed by atoms with E-state index in [4.69, 9.17) is 4.74 Å². The lowest BCUT2D eigenvalue weighted by Crippen LogP contribution is -2.35. The minimum absolute atomic E-state index is 0.225. The topological polar surface area (TPSA) is 21.3 Å². The lowest BCUT2D eigenvalue weighted by molar-refractivity contribution is 0.0608. The van der Waals surface area contributed by atoms with Crippen molar-refractivity contribution >= 4 is 0 Å². The number of ether oxygens (including phenoxy) is 1. The fourth-order valence-electron chi connectivity index (χ4n) is 1.43. The van der Waals surface area contributed by atoms with Crippen molar-refractivity contribution in [2.24, 2.45) is 11.3 Å². The summed E-state index contributed by atoms with van der Waals surface area (Å²) < 4.78 is 5.67. The van der Waals surface area contributed by atoms with Gasteiger partial charge in [-0.3, -0.25) is 0 Å². The molecule has 0 bridgehead atoms. The Morgan fingerprint density at radius 2 is 2.06 bits per heavy atom. The predicted octanol–water partition coefficient (Wildman–Crippen LogP) is 3.24. The first-order chi connectivity index (χ1) is 7.48. The fourth-order valence-corrected chi connectivity index (χ4v) is 1.43. The zero-order chi connectivity index (χ0) is 12.4. The zero-order valence-electron chi connectivity index (χ0n) is 11.5. The molecule has 0 radical (unpaired) electrons. The second-order valence-electron chi connectivity index (χ2n) is 5.67. The zero-order valence-corrected chi connectivity index (χ0v) is 11.5. The smallest absolute Gasteiger partial charge is 0.0529 e. The maximum atomic E-state index is 5.67. The van der Waals surface area contributed by atoms with Crippen LogP contribution in [0.15, 0.2) is 12.7 Å². The van der Waals surface area contributed by atoms with Crippen LogP contribution in [0.1, 0.15) is 40.5 Å². The maximum Gasteiger partial charge on any atom is 0.0529 e. The van der Waals surface area contributed by atoms with E-state index < -0.39 is 0 Å². The minimum atomic E-state index is 0.225. The van der Waals surface area contributed by atoms with Crippen molar-refractivity contribution in [3.63, 3.8) is 0 Å². The van der Waals surface area contributed by atoms with Crippen LogP contribution >= 0.6 is 0 Å². The molecule has 2 heteroatoms. The van der Waals surface area contributed by atoms with Crippen LogP contribution in [0.2, 0.25) is 0 Å². The summed E-state index contributed by atoms with van der Waals surface area (Å²) in [7, 11) is 0. The fraction of sp³-hybridized carbons (Fsp3) is 0.857. The second kappa shape index (κ2) is 8.77. The van der Waals surface area contributed by atoms with Gasteiger partial charge in [0.15, 0.2) is 0 Å². The number of hydrogen-bond acceptors (Lipinski definition) is 2. The molecule has 0 aromatic carbocycles. The van der Waals surface area contributed by atoms with Gasteiger partial charge in [0.1, 0.15) is 0 Å². The van der Waals surface area contributed by atoms with Gasteiger partial charge in [-0.05, 0) is 25.3 Å². The van der Waals surface area contributed by atoms with E-state index in [1.807, 2.05) is 6.08 Å². The average molecular weight is 227 g/mol. The number of nitrogens with one attached hydrogen (secondary N) is 1. The Morgan fingerprint density at radius 3 is 2.62 bits per heavy atom. The molecular weight excluding hydrogens is 198 g/mol. The molecule has 0 aliphatic carbocycles. The standard InChI is InChI=1S/C14H29NO/c1-6-7-8-9-16-12-14(4,5)11-15-10-13(2)3/h6,13,15H,1,7-12H2,2-5H3. The third-order valence-electron chi connectivity index (χ3n) is 2.35. The van der Waals surface area contributed by atoms with E-state index in [0.717, 1.165) is 39.1 Å². The summed E-state index contributed by atoms with van der Waals surface area (Å²) in [6, 6.07) is 0. The van der Waals surface area contributed by atoms with Crippen LogP contribution in [0.5, 0.6) is 0 Å². The minimum Gasteiger partial charge on any atom is -0.381 e. The summed E-state index contributed by atoms with van der Waals surface area (Å²) in [5.41, 5.74) is 0.225. The van der Waals surface area contributed by atoms with Gasteiger partial charge in [-0.2, -0.15) is 0 Å². The molecule has 0 amide bonds. The van der Waals surface area contributed by atoms with Gasteiger partial charge in [-0.15, -0.1) is 6.58 Å². The van der Waals surface area contributed by atoms with E-state index in [2.05, 4.69) is 39.6 Å². The van der Waals surface area contributed by atoms with Crippen LogP contribution in [-0.4, -0.2) is 26.3 Å². The van der Waals surface area contributed by atoms with Crippen molar-refractivity contribution in [3.8, 4) is 0 Å². The molecule has 1 N–H and O–H groups in total. The van der Waals surface area contributed by atoms with Gasteiger partial charge in [0.2, 0.25) is 0 Å². The van der Waals surface area contributed by atoms with Crippen LogP contribution in [0.4, 0.5) is 0 Å². The maximum absolute atomic E-state index is 5.67. The second-order valence-corrected chi connectivity index (χ2v) is 5.67. The number of allylic oxidation sites excluding steroid dienone is 1. The molecule has 0 aromatic heterocycles. The molecule has 0 aliphatic rings. The van der Waals surface area contributed by atoms with Gasteiger partial charge in [0.25, 0.3) is 0 Å². The summed E-state index contributed by atoms with van der Waals surface area (Å²) in [6.07, 6.45) is 4.07. The third-order valence-corrected chi connectivity index (χ3v) is 2.35. The lowest BCUT2D eigenvalue weighted by atomic mass is 9.94. The highest BCUT2D eigenvalue weighted by Crippen LogP contribution is 2.14. The molecule has 0 rings (SSSR count). The van der Waals surface area contributed by atoms with Crippen molar-refractivity contribution in [2.45, 2.75) is 40.5 Å². The Morgan fingerprint density at radius 1 is 1.38 bits per heavy atom. The van der Waals surface area contributed by atoms with E-state index in [9.17, 15) is 0 Å². The highest BCUT2D eigenvalue weighted by atomic mass is 16.5. The van der Waals surface area contributed by atoms with Crippen LogP contribution in [-0.2, 0) is 4.74 Å². The van der Waals surface area contributed by atoms with E-state index in [1.165, 1.54) is 0 Å². The summed E-state index contributed by atoms with van der Waals surface area (Å²) in [4.78, 5) is 0. The van der Waals surface area contributed by atoms with Gasteiger partial charge in [0.05, 0.1) is 6.61 Å². The van der Waals surface area contributed by atoms with Crippen molar-refractivity contribution in [3.05, 3.63) is 12.7 Å². The largest absolute Gasteiger partial charge is 0.381 e. The van der Waals surface area contributed by atoms with Crippen LogP contribution in [0, 0.1) is 11.3 Å². The van der Waals surface area contributed by atoms with Gasteiger partial charge >= 0.3 is 0 Å². The molecule has 0 aromatic rings. The quantitative estimate of drug-likeness (QED) is 0.457. The monoisotopic (exact) mass is 227 g/mol. The van der Waals surface area contributed by atoms with E-state index in [0.29, 0.717) is 5.92 Å². The number of hydrogen-bond donors (Lipinski definition) is 1. The van der Waals surface area contributed by atoms with Gasteiger partial charge in [-0.25, -0.2) is 0 Å². The molecule has 96 valence electrons. The molecule has 0 saturated carbocycles. The van der Waals surface area contributed by atoms with Crippen LogP contribution in [0.25, 0.3) is 0 Å². The Kier molecular flexibility index (Phi) is 8.58. The summed E-state index contributed by atoms with van der Waals surface area (Å²) >= 11 is 0. The number of unbranched alkanes of at least 4 members (excludes halogenated alkanes) is 1. The molecule has 0 heterocycles. The summed E-state index contributed by atoms with van der Waals surface area (Å²) in [5.74, 6) is 0.712. The molecular formula is C14H29NO. The molecule has 0 saturated heterocycles. The highest BCUT2D eigenvalue weighted by molar-refractivity contribution is 4.71. The molecule has 0 fully saturated rings. The molecule has 16 heavy (non-hydrogen) atoms. The Balaban J connectivity index is 3.49. The lowest BCUT2D eigenvalue weighted by Gasteiger charge is -2.25. The van der Waals surface area contributed by atoms with E-state index >= 15 is 0 Å². The van der Waals surface area contributed by atoms with E-state index in [1.54, 1.807) is 0 Å². The van der Waals surface area contributed by atoms with Crippen LogP contribution < -0.4 is 5.32 Å². The Hall–Kier alpha value is -0.340.